The first-order valence-electron chi connectivity index (χ1n) is 10.4. The zero-order valence-electron chi connectivity index (χ0n) is 18.0. The van der Waals surface area contributed by atoms with Crippen LogP contribution in [0.25, 0.3) is 16.3 Å². The second-order valence-electron chi connectivity index (χ2n) is 9.27. The second-order valence-corrected chi connectivity index (χ2v) is 10.2. The number of rotatable bonds is 4. The van der Waals surface area contributed by atoms with Gasteiger partial charge in [-0.15, -0.1) is 5.10 Å². The molecule has 2 saturated heterocycles. The van der Waals surface area contributed by atoms with E-state index in [4.69, 9.17) is 4.74 Å². The number of aryl methyl sites for hydroxylation is 1. The number of phenolic OH excluding ortho intramolecular Hbond substituents is 1. The molecule has 3 aromatic rings. The first-order chi connectivity index (χ1) is 14.7. The number of phenols is 1. The smallest absolute Gasteiger partial charge is 0.294 e. The van der Waals surface area contributed by atoms with Crippen molar-refractivity contribution < 1.29 is 14.2 Å². The Morgan fingerprint density at radius 2 is 2.06 bits per heavy atom. The van der Waals surface area contributed by atoms with Crippen LogP contribution >= 0.6 is 11.3 Å². The van der Waals surface area contributed by atoms with Crippen LogP contribution in [0.4, 0.5) is 4.39 Å². The van der Waals surface area contributed by atoms with Gasteiger partial charge in [-0.1, -0.05) is 30.3 Å². The second kappa shape index (κ2) is 7.27. The fourth-order valence-corrected chi connectivity index (χ4v) is 5.95. The van der Waals surface area contributed by atoms with Gasteiger partial charge in [0.1, 0.15) is 11.9 Å². The molecule has 31 heavy (non-hydrogen) atoms. The molecule has 1 N–H and O–H groups in total. The lowest BCUT2D eigenvalue weighted by molar-refractivity contribution is -0.0290. The van der Waals surface area contributed by atoms with Crippen LogP contribution in [0.2, 0.25) is 0 Å². The van der Waals surface area contributed by atoms with Gasteiger partial charge in [0.05, 0.1) is 16.9 Å². The maximum atomic E-state index is 15.3. The van der Waals surface area contributed by atoms with E-state index in [1.165, 1.54) is 11.3 Å². The molecule has 9 heteroatoms. The van der Waals surface area contributed by atoms with E-state index in [1.54, 1.807) is 16.8 Å². The molecular weight excluding hydrogens is 417 g/mol. The predicted molar refractivity (Wildman–Crippen MR) is 117 cm³/mol. The maximum absolute atomic E-state index is 15.3. The lowest BCUT2D eigenvalue weighted by atomic mass is 9.82. The highest BCUT2D eigenvalue weighted by atomic mass is 32.1. The first kappa shape index (κ1) is 20.4. The Balaban J connectivity index is 1.34. The summed E-state index contributed by atoms with van der Waals surface area (Å²) in [5, 5.41) is 24.0. The van der Waals surface area contributed by atoms with Gasteiger partial charge in [0, 0.05) is 30.8 Å². The highest BCUT2D eigenvalue weighted by Crippen LogP contribution is 2.48. The van der Waals surface area contributed by atoms with Gasteiger partial charge >= 0.3 is 0 Å². The first-order valence-corrected chi connectivity index (χ1v) is 11.3. The normalized spacial score (nSPS) is 27.5. The molecule has 0 saturated carbocycles. The zero-order chi connectivity index (χ0) is 21.9. The van der Waals surface area contributed by atoms with Crippen LogP contribution in [0.5, 0.6) is 10.9 Å². The summed E-state index contributed by atoms with van der Waals surface area (Å²) in [6.07, 6.45) is 1.81. The number of benzene rings is 1. The van der Waals surface area contributed by atoms with E-state index in [1.807, 2.05) is 32.3 Å². The number of hydrogen-bond donors (Lipinski definition) is 1. The van der Waals surface area contributed by atoms with Crippen molar-refractivity contribution in [2.75, 3.05) is 7.05 Å². The minimum absolute atomic E-state index is 0.0795. The lowest BCUT2D eigenvalue weighted by Gasteiger charge is -2.41. The van der Waals surface area contributed by atoms with Crippen LogP contribution in [0.1, 0.15) is 32.4 Å². The number of fused-ring (bicyclic) bond motifs is 2. The number of ether oxygens (including phenoxy) is 1. The Labute approximate surface area is 184 Å². The molecule has 4 heterocycles. The van der Waals surface area contributed by atoms with Gasteiger partial charge in [0.15, 0.2) is 11.2 Å². The summed E-state index contributed by atoms with van der Waals surface area (Å²) < 4.78 is 23.0. The summed E-state index contributed by atoms with van der Waals surface area (Å²) in [5.41, 5.74) is 2.12. The number of hydrogen-bond acceptors (Lipinski definition) is 7. The number of halogens is 1. The molecule has 5 rings (SSSR count). The molecule has 0 aliphatic carbocycles. The molecule has 2 bridgehead atoms. The third-order valence-corrected chi connectivity index (χ3v) is 7.44. The van der Waals surface area contributed by atoms with Gasteiger partial charge in [0.2, 0.25) is 0 Å². The number of aromatic nitrogens is 4. The Kier molecular flexibility index (Phi) is 4.78. The molecule has 7 nitrogen and oxygen atoms in total. The SMILES string of the molecule is Cc1ccn(-c2ccc(-c3nnc(OC4CC5CC(C)(C)C(C4F)N5C)s3)c(O)c2)n1. The average molecular weight is 444 g/mol. The van der Waals surface area contributed by atoms with Crippen molar-refractivity contribution in [1.29, 1.82) is 0 Å². The maximum Gasteiger partial charge on any atom is 0.294 e. The van der Waals surface area contributed by atoms with Gasteiger partial charge in [-0.05, 0) is 44.0 Å². The van der Waals surface area contributed by atoms with Crippen molar-refractivity contribution in [2.24, 2.45) is 5.41 Å². The van der Waals surface area contributed by atoms with Crippen LogP contribution in [0, 0.1) is 12.3 Å². The van der Waals surface area contributed by atoms with E-state index in [9.17, 15) is 5.11 Å². The van der Waals surface area contributed by atoms with Crippen LogP contribution in [-0.4, -0.2) is 61.4 Å². The molecule has 2 aromatic heterocycles. The largest absolute Gasteiger partial charge is 0.507 e. The summed E-state index contributed by atoms with van der Waals surface area (Å²) >= 11 is 1.22. The Morgan fingerprint density at radius 1 is 1.26 bits per heavy atom. The van der Waals surface area contributed by atoms with Gasteiger partial charge in [-0.3, -0.25) is 4.90 Å². The van der Waals surface area contributed by atoms with E-state index >= 15 is 4.39 Å². The number of aromatic hydroxyl groups is 1. The topological polar surface area (TPSA) is 76.3 Å². The van der Waals surface area contributed by atoms with Crippen LogP contribution in [-0.2, 0) is 0 Å². The highest BCUT2D eigenvalue weighted by Gasteiger charge is 2.56. The molecule has 164 valence electrons. The standard InChI is InChI=1S/C22H26FN5O2S/c1-12-7-8-28(26-12)13-5-6-15(16(29)9-13)20-24-25-21(31-20)30-17-10-14-11-22(2,3)19(18(17)23)27(14)4/h5-9,14,17-19,29H,10-11H2,1-4H3. The van der Waals surface area contributed by atoms with Crippen LogP contribution in [0.15, 0.2) is 30.5 Å². The van der Waals surface area contributed by atoms with Crippen molar-refractivity contribution in [3.63, 3.8) is 0 Å². The Bertz CT molecular complexity index is 1110. The fourth-order valence-electron chi connectivity index (χ4n) is 5.17. The van der Waals surface area contributed by atoms with Crippen LogP contribution in [0.3, 0.4) is 0 Å². The van der Waals surface area contributed by atoms with Crippen molar-refractivity contribution >= 4 is 11.3 Å². The third-order valence-electron chi connectivity index (χ3n) is 6.60. The lowest BCUT2D eigenvalue weighted by Crippen LogP contribution is -2.55. The van der Waals surface area contributed by atoms with Crippen LogP contribution < -0.4 is 4.74 Å². The summed E-state index contributed by atoms with van der Waals surface area (Å²) in [5.74, 6) is 0.0795. The predicted octanol–water partition coefficient (Wildman–Crippen LogP) is 3.99. The summed E-state index contributed by atoms with van der Waals surface area (Å²) in [4.78, 5) is 2.16. The Hall–Kier alpha value is -2.52. The van der Waals surface area contributed by atoms with Gasteiger partial charge in [-0.25, -0.2) is 9.07 Å². The Morgan fingerprint density at radius 3 is 2.77 bits per heavy atom. The molecule has 4 unspecified atom stereocenters. The van der Waals surface area contributed by atoms with E-state index in [-0.39, 0.29) is 17.2 Å². The molecule has 0 spiro atoms. The van der Waals surface area contributed by atoms with Crippen molar-refractivity contribution in [3.8, 4) is 27.2 Å². The fraction of sp³-hybridized carbons (Fsp3) is 0.500. The monoisotopic (exact) mass is 443 g/mol. The molecule has 2 fully saturated rings. The molecular formula is C22H26FN5O2S. The molecule has 0 radical (unpaired) electrons. The highest BCUT2D eigenvalue weighted by molar-refractivity contribution is 7.16. The van der Waals surface area contributed by atoms with E-state index in [2.05, 4.69) is 34.0 Å². The van der Waals surface area contributed by atoms with Gasteiger partial charge in [-0.2, -0.15) is 5.10 Å². The van der Waals surface area contributed by atoms with Crippen molar-refractivity contribution in [1.82, 2.24) is 24.9 Å². The van der Waals surface area contributed by atoms with Gasteiger partial charge < -0.3 is 9.84 Å². The van der Waals surface area contributed by atoms with Crippen molar-refractivity contribution in [2.45, 2.75) is 58.0 Å². The molecule has 2 aliphatic heterocycles. The number of nitrogens with zero attached hydrogens (tertiary/aromatic N) is 5. The van der Waals surface area contributed by atoms with Crippen molar-refractivity contribution in [3.05, 3.63) is 36.2 Å². The quantitative estimate of drug-likeness (QED) is 0.657. The van der Waals surface area contributed by atoms with E-state index in [0.29, 0.717) is 28.2 Å². The molecule has 4 atom stereocenters. The summed E-state index contributed by atoms with van der Waals surface area (Å²) in [6.45, 7) is 6.17. The molecule has 2 aliphatic rings. The molecule has 0 amide bonds. The average Bonchev–Trinajstić information content (AvgIpc) is 3.37. The molecule has 1 aromatic carbocycles. The van der Waals surface area contributed by atoms with E-state index < -0.39 is 12.3 Å². The number of alkyl halides is 1. The summed E-state index contributed by atoms with van der Waals surface area (Å²) in [7, 11) is 2.01. The van der Waals surface area contributed by atoms with Gasteiger partial charge in [0.25, 0.3) is 5.19 Å². The number of piperidine rings is 1. The third kappa shape index (κ3) is 3.49. The van der Waals surface area contributed by atoms with E-state index in [0.717, 1.165) is 17.8 Å². The summed E-state index contributed by atoms with van der Waals surface area (Å²) in [6, 6.07) is 7.32. The minimum Gasteiger partial charge on any atom is -0.507 e. The minimum atomic E-state index is -1.09. The zero-order valence-corrected chi connectivity index (χ0v) is 18.8.